The predicted octanol–water partition coefficient (Wildman–Crippen LogP) is 1.99. The van der Waals surface area contributed by atoms with E-state index < -0.39 is 0 Å². The number of nitrogens with zero attached hydrogens (tertiary/aromatic N) is 1. The van der Waals surface area contributed by atoms with Crippen LogP contribution < -0.4 is 5.56 Å². The molecule has 0 spiro atoms. The summed E-state index contributed by atoms with van der Waals surface area (Å²) in [6.45, 7) is 1.97. The lowest BCUT2D eigenvalue weighted by atomic mass is 10.2. The molecule has 0 radical (unpaired) electrons. The van der Waals surface area contributed by atoms with Gasteiger partial charge in [0.1, 0.15) is 0 Å². The number of hydrogen-bond acceptors (Lipinski definition) is 2. The number of benzene rings is 1. The van der Waals surface area contributed by atoms with E-state index in [4.69, 9.17) is 0 Å². The normalized spacial score (nSPS) is 10.6. The molecule has 0 saturated heterocycles. The quantitative estimate of drug-likeness (QED) is 0.714. The van der Waals surface area contributed by atoms with Crippen molar-refractivity contribution in [3.63, 3.8) is 0 Å². The van der Waals surface area contributed by atoms with E-state index in [0.717, 1.165) is 11.1 Å². The van der Waals surface area contributed by atoms with Crippen molar-refractivity contribution in [3.8, 4) is 0 Å². The topological polar surface area (TPSA) is 45.8 Å². The molecular weight excluding hydrogens is 232 g/mol. The van der Waals surface area contributed by atoms with Crippen LogP contribution in [0.2, 0.25) is 0 Å². The van der Waals surface area contributed by atoms with Gasteiger partial charge in [0.15, 0.2) is 4.73 Å². The first-order valence-corrected chi connectivity index (χ1v) is 4.62. The molecule has 13 heavy (non-hydrogen) atoms. The van der Waals surface area contributed by atoms with Crippen LogP contribution in [0.5, 0.6) is 0 Å². The summed E-state index contributed by atoms with van der Waals surface area (Å²) in [4.78, 5) is 18.1. The molecule has 0 unspecified atom stereocenters. The number of aromatic nitrogens is 2. The Labute approximate surface area is 82.9 Å². The van der Waals surface area contributed by atoms with Crippen molar-refractivity contribution >= 4 is 26.8 Å². The van der Waals surface area contributed by atoms with E-state index in [1.54, 1.807) is 6.07 Å². The first kappa shape index (κ1) is 8.44. The first-order valence-electron chi connectivity index (χ1n) is 3.83. The van der Waals surface area contributed by atoms with Crippen molar-refractivity contribution in [3.05, 3.63) is 38.9 Å². The van der Waals surface area contributed by atoms with Crippen molar-refractivity contribution < 1.29 is 0 Å². The first-order chi connectivity index (χ1) is 6.16. The Morgan fingerprint density at radius 1 is 1.46 bits per heavy atom. The highest BCUT2D eigenvalue weighted by molar-refractivity contribution is 9.10. The SMILES string of the molecule is Cc1ccc2c(=O)[nH]c(Br)nc2c1. The van der Waals surface area contributed by atoms with Gasteiger partial charge in [-0.25, -0.2) is 4.98 Å². The van der Waals surface area contributed by atoms with Crippen molar-refractivity contribution in [1.29, 1.82) is 0 Å². The van der Waals surface area contributed by atoms with Crippen LogP contribution >= 0.6 is 15.9 Å². The minimum absolute atomic E-state index is 0.114. The maximum absolute atomic E-state index is 11.4. The average molecular weight is 239 g/mol. The number of halogens is 1. The van der Waals surface area contributed by atoms with E-state index in [9.17, 15) is 4.79 Å². The highest BCUT2D eigenvalue weighted by Gasteiger charge is 2.00. The maximum Gasteiger partial charge on any atom is 0.259 e. The summed E-state index contributed by atoms with van der Waals surface area (Å²) in [6.07, 6.45) is 0. The third kappa shape index (κ3) is 1.49. The molecule has 0 amide bonds. The van der Waals surface area contributed by atoms with Crippen LogP contribution in [0.25, 0.3) is 10.9 Å². The van der Waals surface area contributed by atoms with Gasteiger partial charge in [0.25, 0.3) is 5.56 Å². The summed E-state index contributed by atoms with van der Waals surface area (Å²) >= 11 is 3.14. The Kier molecular flexibility index (Phi) is 1.92. The Balaban J connectivity index is 2.95. The summed E-state index contributed by atoms with van der Waals surface area (Å²) < 4.78 is 0.468. The fourth-order valence-electron chi connectivity index (χ4n) is 1.22. The number of H-pyrrole nitrogens is 1. The van der Waals surface area contributed by atoms with Gasteiger partial charge in [0, 0.05) is 0 Å². The number of rotatable bonds is 0. The van der Waals surface area contributed by atoms with Crippen LogP contribution in [0.15, 0.2) is 27.7 Å². The van der Waals surface area contributed by atoms with Gasteiger partial charge in [-0.3, -0.25) is 4.79 Å². The minimum Gasteiger partial charge on any atom is -0.301 e. The van der Waals surface area contributed by atoms with E-state index in [-0.39, 0.29) is 5.56 Å². The Morgan fingerprint density at radius 2 is 2.23 bits per heavy atom. The molecule has 0 bridgehead atoms. The minimum atomic E-state index is -0.114. The summed E-state index contributed by atoms with van der Waals surface area (Å²) in [5, 5.41) is 0.619. The zero-order valence-corrected chi connectivity index (χ0v) is 8.55. The molecule has 2 aromatic rings. The molecule has 3 nitrogen and oxygen atoms in total. The maximum atomic E-state index is 11.4. The lowest BCUT2D eigenvalue weighted by molar-refractivity contribution is 1.11. The molecule has 4 heteroatoms. The second-order valence-electron chi connectivity index (χ2n) is 2.88. The predicted molar refractivity (Wildman–Crippen MR) is 54.8 cm³/mol. The highest BCUT2D eigenvalue weighted by Crippen LogP contribution is 2.11. The molecule has 2 rings (SSSR count). The second-order valence-corrected chi connectivity index (χ2v) is 3.63. The molecule has 0 fully saturated rings. The van der Waals surface area contributed by atoms with Gasteiger partial charge in [-0.15, -0.1) is 0 Å². The molecule has 1 aromatic heterocycles. The fraction of sp³-hybridized carbons (Fsp3) is 0.111. The fourth-order valence-corrected chi connectivity index (χ4v) is 1.59. The number of aryl methyl sites for hydroxylation is 1. The highest BCUT2D eigenvalue weighted by atomic mass is 79.9. The second kappa shape index (κ2) is 2.96. The number of hydrogen-bond donors (Lipinski definition) is 1. The monoisotopic (exact) mass is 238 g/mol. The summed E-state index contributed by atoms with van der Waals surface area (Å²) in [7, 11) is 0. The van der Waals surface area contributed by atoms with Crippen molar-refractivity contribution in [1.82, 2.24) is 9.97 Å². The number of aromatic amines is 1. The summed E-state index contributed by atoms with van der Waals surface area (Å²) in [5.41, 5.74) is 1.70. The largest absolute Gasteiger partial charge is 0.301 e. The van der Waals surface area contributed by atoms with Crippen molar-refractivity contribution in [2.75, 3.05) is 0 Å². The Morgan fingerprint density at radius 3 is 3.00 bits per heavy atom. The third-order valence-electron chi connectivity index (χ3n) is 1.83. The third-order valence-corrected chi connectivity index (χ3v) is 2.21. The molecule has 1 heterocycles. The number of fused-ring (bicyclic) bond motifs is 1. The molecule has 0 aliphatic rings. The van der Waals surface area contributed by atoms with E-state index >= 15 is 0 Å². The molecule has 0 aliphatic heterocycles. The molecule has 1 N–H and O–H groups in total. The molecule has 1 aromatic carbocycles. The molecule has 0 atom stereocenters. The smallest absolute Gasteiger partial charge is 0.259 e. The Hall–Kier alpha value is -1.16. The van der Waals surface area contributed by atoms with Crippen LogP contribution in [0.1, 0.15) is 5.56 Å². The van der Waals surface area contributed by atoms with Gasteiger partial charge < -0.3 is 4.98 Å². The zero-order valence-electron chi connectivity index (χ0n) is 6.97. The van der Waals surface area contributed by atoms with Gasteiger partial charge >= 0.3 is 0 Å². The van der Waals surface area contributed by atoms with Gasteiger partial charge in [-0.2, -0.15) is 0 Å². The molecular formula is C9H7BrN2O. The zero-order chi connectivity index (χ0) is 9.42. The summed E-state index contributed by atoms with van der Waals surface area (Å²) in [5.74, 6) is 0. The van der Waals surface area contributed by atoms with E-state index in [0.29, 0.717) is 10.1 Å². The van der Waals surface area contributed by atoms with Gasteiger partial charge in [-0.1, -0.05) is 6.07 Å². The van der Waals surface area contributed by atoms with Crippen LogP contribution in [-0.2, 0) is 0 Å². The lowest BCUT2D eigenvalue weighted by Gasteiger charge is -1.97. The Bertz CT molecular complexity index is 513. The van der Waals surface area contributed by atoms with Crippen LogP contribution in [0.4, 0.5) is 0 Å². The van der Waals surface area contributed by atoms with E-state index in [1.165, 1.54) is 0 Å². The van der Waals surface area contributed by atoms with Crippen LogP contribution in [-0.4, -0.2) is 9.97 Å². The molecule has 0 aliphatic carbocycles. The standard InChI is InChI=1S/C9H7BrN2O/c1-5-2-3-6-7(4-5)11-9(10)12-8(6)13/h2-4H,1H3,(H,11,12,13). The van der Waals surface area contributed by atoms with Crippen LogP contribution in [0.3, 0.4) is 0 Å². The van der Waals surface area contributed by atoms with E-state index in [1.807, 2.05) is 19.1 Å². The van der Waals surface area contributed by atoms with Crippen molar-refractivity contribution in [2.45, 2.75) is 6.92 Å². The van der Waals surface area contributed by atoms with Crippen LogP contribution in [0, 0.1) is 6.92 Å². The molecule has 0 saturated carbocycles. The van der Waals surface area contributed by atoms with Gasteiger partial charge in [0.2, 0.25) is 0 Å². The van der Waals surface area contributed by atoms with Gasteiger partial charge in [-0.05, 0) is 40.5 Å². The summed E-state index contributed by atoms with van der Waals surface area (Å²) in [6, 6.07) is 5.56. The lowest BCUT2D eigenvalue weighted by Crippen LogP contribution is -2.07. The van der Waals surface area contributed by atoms with E-state index in [2.05, 4.69) is 25.9 Å². The molecule has 66 valence electrons. The van der Waals surface area contributed by atoms with Crippen molar-refractivity contribution in [2.24, 2.45) is 0 Å². The number of nitrogens with one attached hydrogen (secondary N) is 1. The average Bonchev–Trinajstić information content (AvgIpc) is 2.02. The van der Waals surface area contributed by atoms with Gasteiger partial charge in [0.05, 0.1) is 10.9 Å².